The molecule has 2 aliphatic heterocycles. The molecule has 1 amide bonds. The molecule has 3 aliphatic rings. The van der Waals surface area contributed by atoms with Crippen molar-refractivity contribution < 1.29 is 18.0 Å². The Kier molecular flexibility index (Phi) is 4.88. The van der Waals surface area contributed by atoms with Gasteiger partial charge in [-0.05, 0) is 43.4 Å². The predicted octanol–water partition coefficient (Wildman–Crippen LogP) is 4.03. The zero-order valence-corrected chi connectivity index (χ0v) is 15.5. The minimum Gasteiger partial charge on any atom is -0.348 e. The maximum Gasteiger partial charge on any atom is 0.434 e. The van der Waals surface area contributed by atoms with Crippen LogP contribution in [0.4, 0.5) is 18.3 Å². The molecule has 1 aliphatic carbocycles. The standard InChI is InChI=1S/C18H24F3N3OS/c19-18(20,21)15-11-26-17(22-15)23-6-4-12(5-7-23)8-16(25)24-9-13-2-1-3-14(13)10-24/h11-14H,1-10H2. The van der Waals surface area contributed by atoms with Crippen molar-refractivity contribution in [3.8, 4) is 0 Å². The smallest absolute Gasteiger partial charge is 0.348 e. The summed E-state index contributed by atoms with van der Waals surface area (Å²) >= 11 is 1.05. The van der Waals surface area contributed by atoms with Crippen molar-refractivity contribution in [1.29, 1.82) is 0 Å². The summed E-state index contributed by atoms with van der Waals surface area (Å²) in [5, 5.41) is 1.52. The summed E-state index contributed by atoms with van der Waals surface area (Å²) in [4.78, 5) is 20.3. The van der Waals surface area contributed by atoms with Crippen molar-refractivity contribution in [2.75, 3.05) is 31.1 Å². The number of alkyl halides is 3. The predicted molar refractivity (Wildman–Crippen MR) is 94.1 cm³/mol. The largest absolute Gasteiger partial charge is 0.434 e. The van der Waals surface area contributed by atoms with Crippen molar-refractivity contribution in [3.05, 3.63) is 11.1 Å². The highest BCUT2D eigenvalue weighted by molar-refractivity contribution is 7.13. The van der Waals surface area contributed by atoms with E-state index in [0.29, 0.717) is 42.4 Å². The third-order valence-electron chi connectivity index (χ3n) is 6.21. The molecular weight excluding hydrogens is 363 g/mol. The molecule has 2 unspecified atom stereocenters. The van der Waals surface area contributed by atoms with Crippen LogP contribution < -0.4 is 4.90 Å². The lowest BCUT2D eigenvalue weighted by Gasteiger charge is -2.32. The van der Waals surface area contributed by atoms with Gasteiger partial charge in [-0.3, -0.25) is 4.79 Å². The summed E-state index contributed by atoms with van der Waals surface area (Å²) in [6.07, 6.45) is 1.72. The number of halogens is 3. The number of thiazole rings is 1. The summed E-state index contributed by atoms with van der Waals surface area (Å²) in [6, 6.07) is 0. The molecule has 0 N–H and O–H groups in total. The summed E-state index contributed by atoms with van der Waals surface area (Å²) in [7, 11) is 0. The number of anilines is 1. The Balaban J connectivity index is 1.26. The lowest BCUT2D eigenvalue weighted by atomic mass is 9.93. The Morgan fingerprint density at radius 2 is 1.81 bits per heavy atom. The fourth-order valence-corrected chi connectivity index (χ4v) is 5.57. The fraction of sp³-hybridized carbons (Fsp3) is 0.778. The highest BCUT2D eigenvalue weighted by Gasteiger charge is 2.38. The van der Waals surface area contributed by atoms with Crippen molar-refractivity contribution in [2.24, 2.45) is 17.8 Å². The SMILES string of the molecule is O=C(CC1CCN(c2nc(C(F)(F)F)cs2)CC1)N1CC2CCCC2C1. The first-order chi connectivity index (χ1) is 12.4. The van der Waals surface area contributed by atoms with E-state index in [9.17, 15) is 18.0 Å². The Hall–Kier alpha value is -1.31. The first kappa shape index (κ1) is 18.1. The molecule has 8 heteroatoms. The van der Waals surface area contributed by atoms with Crippen LogP contribution in [0, 0.1) is 17.8 Å². The van der Waals surface area contributed by atoms with Crippen LogP contribution in [0.25, 0.3) is 0 Å². The third kappa shape index (κ3) is 3.70. The molecule has 3 heterocycles. The number of nitrogens with zero attached hydrogens (tertiary/aromatic N) is 3. The van der Waals surface area contributed by atoms with Crippen LogP contribution in [-0.2, 0) is 11.0 Å². The van der Waals surface area contributed by atoms with Gasteiger partial charge < -0.3 is 9.80 Å². The van der Waals surface area contributed by atoms with E-state index in [0.717, 1.165) is 42.6 Å². The van der Waals surface area contributed by atoms with Gasteiger partial charge in [-0.25, -0.2) is 4.98 Å². The van der Waals surface area contributed by atoms with Gasteiger partial charge in [0.15, 0.2) is 10.8 Å². The number of piperidine rings is 1. The molecule has 144 valence electrons. The molecule has 0 spiro atoms. The van der Waals surface area contributed by atoms with E-state index in [1.54, 1.807) is 0 Å². The van der Waals surface area contributed by atoms with Gasteiger partial charge in [-0.15, -0.1) is 11.3 Å². The van der Waals surface area contributed by atoms with Gasteiger partial charge in [0.05, 0.1) is 0 Å². The quantitative estimate of drug-likeness (QED) is 0.786. The van der Waals surface area contributed by atoms with Gasteiger partial charge in [-0.2, -0.15) is 13.2 Å². The van der Waals surface area contributed by atoms with Crippen LogP contribution in [0.3, 0.4) is 0 Å². The lowest BCUT2D eigenvalue weighted by Crippen LogP contribution is -2.37. The average molecular weight is 387 g/mol. The lowest BCUT2D eigenvalue weighted by molar-refractivity contribution is -0.140. The number of carbonyl (C=O) groups excluding carboxylic acids is 1. The normalized spacial score (nSPS) is 27.2. The van der Waals surface area contributed by atoms with Crippen molar-refractivity contribution in [2.45, 2.75) is 44.7 Å². The van der Waals surface area contributed by atoms with E-state index in [4.69, 9.17) is 0 Å². The number of likely N-dealkylation sites (tertiary alicyclic amines) is 1. The van der Waals surface area contributed by atoms with E-state index < -0.39 is 11.9 Å². The topological polar surface area (TPSA) is 36.4 Å². The number of rotatable bonds is 3. The molecule has 1 aromatic rings. The molecular formula is C18H24F3N3OS. The van der Waals surface area contributed by atoms with Gasteiger partial charge >= 0.3 is 6.18 Å². The fourth-order valence-electron chi connectivity index (χ4n) is 4.68. The first-order valence-electron chi connectivity index (χ1n) is 9.45. The maximum atomic E-state index is 12.7. The van der Waals surface area contributed by atoms with Crippen LogP contribution in [0.1, 0.15) is 44.2 Å². The Morgan fingerprint density at radius 1 is 1.15 bits per heavy atom. The number of aromatic nitrogens is 1. The second kappa shape index (κ2) is 7.02. The van der Waals surface area contributed by atoms with Gasteiger partial charge in [0, 0.05) is 38.0 Å². The second-order valence-electron chi connectivity index (χ2n) is 7.90. The number of fused-ring (bicyclic) bond motifs is 1. The zero-order valence-electron chi connectivity index (χ0n) is 14.7. The third-order valence-corrected chi connectivity index (χ3v) is 7.11. The molecule has 4 nitrogen and oxygen atoms in total. The van der Waals surface area contributed by atoms with Gasteiger partial charge in [0.2, 0.25) is 5.91 Å². The summed E-state index contributed by atoms with van der Waals surface area (Å²) in [5.74, 6) is 2.04. The Bertz CT molecular complexity index is 642. The Labute approximate surface area is 155 Å². The second-order valence-corrected chi connectivity index (χ2v) is 8.73. The molecule has 2 saturated heterocycles. The zero-order chi connectivity index (χ0) is 18.3. The summed E-state index contributed by atoms with van der Waals surface area (Å²) in [6.45, 7) is 3.21. The molecule has 0 radical (unpaired) electrons. The molecule has 4 rings (SSSR count). The average Bonchev–Trinajstić information content (AvgIpc) is 3.30. The number of carbonyl (C=O) groups is 1. The number of hydrogen-bond acceptors (Lipinski definition) is 4. The van der Waals surface area contributed by atoms with Gasteiger partial charge in [0.1, 0.15) is 0 Å². The molecule has 26 heavy (non-hydrogen) atoms. The van der Waals surface area contributed by atoms with E-state index >= 15 is 0 Å². The minimum atomic E-state index is -4.38. The monoisotopic (exact) mass is 387 g/mol. The van der Waals surface area contributed by atoms with Crippen molar-refractivity contribution >= 4 is 22.4 Å². The molecule has 1 saturated carbocycles. The van der Waals surface area contributed by atoms with Gasteiger partial charge in [-0.1, -0.05) is 6.42 Å². The molecule has 2 atom stereocenters. The van der Waals surface area contributed by atoms with E-state index in [-0.39, 0.29) is 5.91 Å². The maximum absolute atomic E-state index is 12.7. The van der Waals surface area contributed by atoms with Crippen LogP contribution in [0.5, 0.6) is 0 Å². The molecule has 1 aromatic heterocycles. The molecule has 3 fully saturated rings. The Morgan fingerprint density at radius 3 is 2.38 bits per heavy atom. The van der Waals surface area contributed by atoms with Crippen LogP contribution in [0.15, 0.2) is 5.38 Å². The van der Waals surface area contributed by atoms with Gasteiger partial charge in [0.25, 0.3) is 0 Å². The molecule has 0 aromatic carbocycles. The summed E-state index contributed by atoms with van der Waals surface area (Å²) < 4.78 is 38.1. The van der Waals surface area contributed by atoms with E-state index in [1.165, 1.54) is 19.3 Å². The summed E-state index contributed by atoms with van der Waals surface area (Å²) in [5.41, 5.74) is -0.811. The highest BCUT2D eigenvalue weighted by Crippen LogP contribution is 2.38. The molecule has 0 bridgehead atoms. The number of hydrogen-bond donors (Lipinski definition) is 0. The first-order valence-corrected chi connectivity index (χ1v) is 10.3. The van der Waals surface area contributed by atoms with Crippen molar-refractivity contribution in [1.82, 2.24) is 9.88 Å². The van der Waals surface area contributed by atoms with Crippen LogP contribution >= 0.6 is 11.3 Å². The van der Waals surface area contributed by atoms with E-state index in [1.807, 2.05) is 4.90 Å². The number of amides is 1. The van der Waals surface area contributed by atoms with Crippen LogP contribution in [0.2, 0.25) is 0 Å². The van der Waals surface area contributed by atoms with E-state index in [2.05, 4.69) is 9.88 Å². The minimum absolute atomic E-state index is 0.270. The van der Waals surface area contributed by atoms with Crippen molar-refractivity contribution in [3.63, 3.8) is 0 Å². The van der Waals surface area contributed by atoms with Crippen LogP contribution in [-0.4, -0.2) is 42.0 Å². The highest BCUT2D eigenvalue weighted by atomic mass is 32.1.